The smallest absolute Gasteiger partial charge is 0.352 e. The maximum Gasteiger partial charge on any atom is 0.352 e. The predicted molar refractivity (Wildman–Crippen MR) is 53.4 cm³/mol. The van der Waals surface area contributed by atoms with Gasteiger partial charge in [-0.15, -0.1) is 0 Å². The van der Waals surface area contributed by atoms with Crippen LogP contribution in [0, 0.1) is 0 Å². The molecule has 0 spiro atoms. The van der Waals surface area contributed by atoms with Crippen LogP contribution in [0.2, 0.25) is 0 Å². The molecule has 0 amide bonds. The molecule has 0 aliphatic rings. The summed E-state index contributed by atoms with van der Waals surface area (Å²) in [6, 6.07) is 3.30. The first kappa shape index (κ1) is 9.39. The lowest BCUT2D eigenvalue weighted by molar-refractivity contribution is 0.0687. The Morgan fingerprint density at radius 2 is 2.00 bits per heavy atom. The van der Waals surface area contributed by atoms with Crippen molar-refractivity contribution in [2.45, 2.75) is 0 Å². The molecule has 0 radical (unpaired) electrons. The Hall–Kier alpha value is -2.17. The average molecular weight is 203 g/mol. The first-order valence-electron chi connectivity index (χ1n) is 4.34. The van der Waals surface area contributed by atoms with Crippen molar-refractivity contribution in [1.82, 2.24) is 14.5 Å². The van der Waals surface area contributed by atoms with Crippen LogP contribution in [0.5, 0.6) is 0 Å². The number of hydrogen-bond acceptors (Lipinski definition) is 3. The lowest BCUT2D eigenvalue weighted by Gasteiger charge is -2.03. The van der Waals surface area contributed by atoms with E-state index in [-0.39, 0.29) is 5.69 Å². The monoisotopic (exact) mass is 203 g/mol. The van der Waals surface area contributed by atoms with Crippen molar-refractivity contribution in [2.24, 2.45) is 7.05 Å². The summed E-state index contributed by atoms with van der Waals surface area (Å²) in [5.74, 6) is -0.944. The Balaban J connectivity index is 2.52. The number of carboxylic acid groups (broad SMARTS) is 1. The number of nitrogens with zero attached hydrogens (tertiary/aromatic N) is 3. The standard InChI is InChI=1S/C10H9N3O2/c1-13-8(2-3-9(13)10(14)15)7-4-11-6-12-5-7/h2-6H,1H3,(H,14,15). The molecular weight excluding hydrogens is 194 g/mol. The van der Waals surface area contributed by atoms with E-state index in [0.717, 1.165) is 11.3 Å². The SMILES string of the molecule is Cn1c(C(=O)O)ccc1-c1cncnc1. The van der Waals surface area contributed by atoms with Crippen molar-refractivity contribution >= 4 is 5.97 Å². The van der Waals surface area contributed by atoms with Crippen LogP contribution < -0.4 is 0 Å². The summed E-state index contributed by atoms with van der Waals surface area (Å²) in [5, 5.41) is 8.87. The maximum atomic E-state index is 10.8. The largest absolute Gasteiger partial charge is 0.477 e. The number of aromatic nitrogens is 3. The third kappa shape index (κ3) is 1.59. The first-order valence-corrected chi connectivity index (χ1v) is 4.34. The molecule has 2 aromatic heterocycles. The number of hydrogen-bond donors (Lipinski definition) is 1. The van der Waals surface area contributed by atoms with Crippen molar-refractivity contribution in [3.05, 3.63) is 36.5 Å². The Kier molecular flexibility index (Phi) is 2.21. The summed E-state index contributed by atoms with van der Waals surface area (Å²) in [5.41, 5.74) is 1.83. The van der Waals surface area contributed by atoms with Gasteiger partial charge in [0.05, 0.1) is 5.69 Å². The van der Waals surface area contributed by atoms with E-state index in [2.05, 4.69) is 9.97 Å². The second-order valence-electron chi connectivity index (χ2n) is 3.10. The van der Waals surface area contributed by atoms with E-state index in [0.29, 0.717) is 0 Å². The Bertz CT molecular complexity index is 491. The molecule has 76 valence electrons. The van der Waals surface area contributed by atoms with Crippen molar-refractivity contribution in [2.75, 3.05) is 0 Å². The molecule has 15 heavy (non-hydrogen) atoms. The summed E-state index contributed by atoms with van der Waals surface area (Å²) < 4.78 is 1.60. The van der Waals surface area contributed by atoms with E-state index >= 15 is 0 Å². The Morgan fingerprint density at radius 1 is 1.33 bits per heavy atom. The minimum atomic E-state index is -0.944. The molecule has 0 atom stereocenters. The summed E-state index contributed by atoms with van der Waals surface area (Å²) in [6.07, 6.45) is 4.73. The maximum absolute atomic E-state index is 10.8. The molecule has 0 fully saturated rings. The van der Waals surface area contributed by atoms with Crippen LogP contribution in [-0.4, -0.2) is 25.6 Å². The highest BCUT2D eigenvalue weighted by Gasteiger charge is 2.11. The van der Waals surface area contributed by atoms with Gasteiger partial charge in [0.25, 0.3) is 0 Å². The van der Waals surface area contributed by atoms with Crippen LogP contribution in [0.25, 0.3) is 11.3 Å². The zero-order valence-electron chi connectivity index (χ0n) is 8.08. The fraction of sp³-hybridized carbons (Fsp3) is 0.100. The molecule has 1 N–H and O–H groups in total. The summed E-state index contributed by atoms with van der Waals surface area (Å²) in [4.78, 5) is 18.6. The fourth-order valence-corrected chi connectivity index (χ4v) is 1.45. The van der Waals surface area contributed by atoms with Crippen LogP contribution in [-0.2, 0) is 7.05 Å². The minimum absolute atomic E-state index is 0.244. The van der Waals surface area contributed by atoms with Gasteiger partial charge >= 0.3 is 5.97 Å². The Morgan fingerprint density at radius 3 is 2.53 bits per heavy atom. The topological polar surface area (TPSA) is 68.0 Å². The molecule has 2 heterocycles. The van der Waals surface area contributed by atoms with E-state index in [4.69, 9.17) is 5.11 Å². The zero-order chi connectivity index (χ0) is 10.8. The van der Waals surface area contributed by atoms with Crippen molar-refractivity contribution in [3.63, 3.8) is 0 Å². The third-order valence-corrected chi connectivity index (χ3v) is 2.20. The fourth-order valence-electron chi connectivity index (χ4n) is 1.45. The van der Waals surface area contributed by atoms with Gasteiger partial charge in [0.1, 0.15) is 12.0 Å². The van der Waals surface area contributed by atoms with Crippen LogP contribution in [0.15, 0.2) is 30.9 Å². The van der Waals surface area contributed by atoms with Crippen molar-refractivity contribution in [3.8, 4) is 11.3 Å². The van der Waals surface area contributed by atoms with Gasteiger partial charge in [0.15, 0.2) is 0 Å². The van der Waals surface area contributed by atoms with Gasteiger partial charge in [-0.3, -0.25) is 0 Å². The number of aromatic carboxylic acids is 1. The predicted octanol–water partition coefficient (Wildman–Crippen LogP) is 1.18. The molecule has 0 saturated heterocycles. The molecule has 2 aromatic rings. The highest BCUT2D eigenvalue weighted by atomic mass is 16.4. The normalized spacial score (nSPS) is 10.2. The number of carboxylic acids is 1. The molecular formula is C10H9N3O2. The van der Waals surface area contributed by atoms with Crippen LogP contribution in [0.4, 0.5) is 0 Å². The minimum Gasteiger partial charge on any atom is -0.477 e. The first-order chi connectivity index (χ1) is 7.20. The van der Waals surface area contributed by atoms with E-state index in [1.54, 1.807) is 36.1 Å². The molecule has 0 aliphatic heterocycles. The quantitative estimate of drug-likeness (QED) is 0.795. The molecule has 0 saturated carbocycles. The number of carbonyl (C=O) groups is 1. The lowest BCUT2D eigenvalue weighted by Crippen LogP contribution is -2.05. The molecule has 2 rings (SSSR count). The van der Waals surface area contributed by atoms with E-state index in [1.165, 1.54) is 6.33 Å². The summed E-state index contributed by atoms with van der Waals surface area (Å²) in [6.45, 7) is 0. The van der Waals surface area contributed by atoms with E-state index in [9.17, 15) is 4.79 Å². The Labute approximate surface area is 86.0 Å². The average Bonchev–Trinajstić information content (AvgIpc) is 2.61. The summed E-state index contributed by atoms with van der Waals surface area (Å²) >= 11 is 0. The highest BCUT2D eigenvalue weighted by Crippen LogP contribution is 2.19. The lowest BCUT2D eigenvalue weighted by atomic mass is 10.2. The van der Waals surface area contributed by atoms with Crippen LogP contribution in [0.3, 0.4) is 0 Å². The van der Waals surface area contributed by atoms with Crippen molar-refractivity contribution in [1.29, 1.82) is 0 Å². The van der Waals surface area contributed by atoms with Gasteiger partial charge in [-0.1, -0.05) is 0 Å². The highest BCUT2D eigenvalue weighted by molar-refractivity contribution is 5.87. The molecule has 5 heteroatoms. The van der Waals surface area contributed by atoms with Gasteiger partial charge in [-0.05, 0) is 12.1 Å². The second-order valence-corrected chi connectivity index (χ2v) is 3.10. The van der Waals surface area contributed by atoms with E-state index < -0.39 is 5.97 Å². The van der Waals surface area contributed by atoms with Gasteiger partial charge in [-0.25, -0.2) is 14.8 Å². The third-order valence-electron chi connectivity index (χ3n) is 2.20. The molecule has 5 nitrogen and oxygen atoms in total. The van der Waals surface area contributed by atoms with Gasteiger partial charge in [-0.2, -0.15) is 0 Å². The van der Waals surface area contributed by atoms with Gasteiger partial charge in [0.2, 0.25) is 0 Å². The van der Waals surface area contributed by atoms with Gasteiger partial charge < -0.3 is 9.67 Å². The zero-order valence-corrected chi connectivity index (χ0v) is 8.08. The molecule has 0 aliphatic carbocycles. The van der Waals surface area contributed by atoms with Crippen molar-refractivity contribution < 1.29 is 9.90 Å². The second kappa shape index (κ2) is 3.53. The van der Waals surface area contributed by atoms with Gasteiger partial charge in [0, 0.05) is 25.0 Å². The molecule has 0 aromatic carbocycles. The van der Waals surface area contributed by atoms with Crippen LogP contribution in [0.1, 0.15) is 10.5 Å². The summed E-state index contributed by atoms with van der Waals surface area (Å²) in [7, 11) is 1.70. The number of rotatable bonds is 2. The molecule has 0 bridgehead atoms. The van der Waals surface area contributed by atoms with Crippen LogP contribution >= 0.6 is 0 Å². The molecule has 0 unspecified atom stereocenters. The van der Waals surface area contributed by atoms with E-state index in [1.807, 2.05) is 0 Å².